The molecule has 130 valence electrons. The molecule has 0 aliphatic carbocycles. The first-order valence-corrected chi connectivity index (χ1v) is 7.90. The molecule has 0 aliphatic heterocycles. The van der Waals surface area contributed by atoms with Gasteiger partial charge in [0.2, 0.25) is 17.5 Å². The van der Waals surface area contributed by atoms with E-state index in [-0.39, 0.29) is 29.8 Å². The second kappa shape index (κ2) is 7.99. The summed E-state index contributed by atoms with van der Waals surface area (Å²) < 4.78 is 24.5. The van der Waals surface area contributed by atoms with E-state index in [1.165, 1.54) is 6.07 Å². The fraction of sp³-hybridized carbons (Fsp3) is 0.100. The standard InChI is InChI=1S/C20H16FN3O2/c1-25-18-9-5-3-6-14(18)10-11-19-24-17(12-22)20(26-19)23-13-15-7-2-4-8-16(15)21/h2-11,23H,13H2,1H3/b11-10+. The fourth-order valence-corrected chi connectivity index (χ4v) is 2.39. The summed E-state index contributed by atoms with van der Waals surface area (Å²) in [5.74, 6) is 0.863. The molecule has 0 radical (unpaired) electrons. The highest BCUT2D eigenvalue weighted by Crippen LogP contribution is 2.22. The summed E-state index contributed by atoms with van der Waals surface area (Å²) in [5, 5.41) is 12.1. The number of oxazole rings is 1. The van der Waals surface area contributed by atoms with Crippen LogP contribution >= 0.6 is 0 Å². The van der Waals surface area contributed by atoms with Crippen molar-refractivity contribution in [2.45, 2.75) is 6.54 Å². The molecule has 2 aromatic carbocycles. The van der Waals surface area contributed by atoms with Gasteiger partial charge in [-0.3, -0.25) is 0 Å². The predicted molar refractivity (Wildman–Crippen MR) is 96.9 cm³/mol. The predicted octanol–water partition coefficient (Wildman–Crippen LogP) is 4.48. The van der Waals surface area contributed by atoms with Crippen LogP contribution < -0.4 is 10.1 Å². The van der Waals surface area contributed by atoms with Gasteiger partial charge in [-0.25, -0.2) is 4.39 Å². The van der Waals surface area contributed by atoms with Crippen LogP contribution in [0.2, 0.25) is 0 Å². The molecule has 5 nitrogen and oxygen atoms in total. The molecule has 0 atom stereocenters. The maximum atomic E-state index is 13.7. The number of hydrogen-bond donors (Lipinski definition) is 1. The molecule has 0 fully saturated rings. The van der Waals surface area contributed by atoms with Crippen molar-refractivity contribution < 1.29 is 13.5 Å². The lowest BCUT2D eigenvalue weighted by Crippen LogP contribution is -2.01. The number of hydrogen-bond acceptors (Lipinski definition) is 5. The lowest BCUT2D eigenvalue weighted by Gasteiger charge is -2.04. The third kappa shape index (κ3) is 3.90. The van der Waals surface area contributed by atoms with E-state index in [1.54, 1.807) is 37.5 Å². The van der Waals surface area contributed by atoms with E-state index >= 15 is 0 Å². The third-order valence-electron chi connectivity index (χ3n) is 3.69. The molecule has 0 spiro atoms. The summed E-state index contributed by atoms with van der Waals surface area (Å²) in [7, 11) is 1.59. The minimum atomic E-state index is -0.325. The van der Waals surface area contributed by atoms with Gasteiger partial charge < -0.3 is 14.5 Å². The van der Waals surface area contributed by atoms with Crippen LogP contribution in [0.5, 0.6) is 5.75 Å². The van der Waals surface area contributed by atoms with Gasteiger partial charge in [0.05, 0.1) is 7.11 Å². The van der Waals surface area contributed by atoms with E-state index < -0.39 is 0 Å². The number of benzene rings is 2. The Morgan fingerprint density at radius 1 is 1.19 bits per heavy atom. The van der Waals surface area contributed by atoms with Crippen molar-refractivity contribution >= 4 is 18.0 Å². The Hall–Kier alpha value is -3.59. The molecule has 1 heterocycles. The number of aromatic nitrogens is 1. The largest absolute Gasteiger partial charge is 0.496 e. The van der Waals surface area contributed by atoms with E-state index in [0.29, 0.717) is 11.3 Å². The monoisotopic (exact) mass is 349 g/mol. The van der Waals surface area contributed by atoms with Gasteiger partial charge in [-0.05, 0) is 18.2 Å². The zero-order valence-electron chi connectivity index (χ0n) is 14.1. The summed E-state index contributed by atoms with van der Waals surface area (Å²) in [4.78, 5) is 4.12. The Kier molecular flexibility index (Phi) is 5.30. The molecule has 0 bridgehead atoms. The Bertz CT molecular complexity index is 973. The first-order valence-electron chi connectivity index (χ1n) is 7.90. The minimum Gasteiger partial charge on any atom is -0.496 e. The van der Waals surface area contributed by atoms with Gasteiger partial charge in [-0.1, -0.05) is 36.4 Å². The molecule has 3 aromatic rings. The Morgan fingerprint density at radius 3 is 2.73 bits per heavy atom. The van der Waals surface area contributed by atoms with Gasteiger partial charge in [0, 0.05) is 23.7 Å². The van der Waals surface area contributed by atoms with Crippen LogP contribution in [0.1, 0.15) is 22.7 Å². The topological polar surface area (TPSA) is 71.1 Å². The Morgan fingerprint density at radius 2 is 1.96 bits per heavy atom. The van der Waals surface area contributed by atoms with Crippen LogP contribution in [0.25, 0.3) is 12.2 Å². The second-order valence-electron chi connectivity index (χ2n) is 5.36. The number of nitrogens with one attached hydrogen (secondary N) is 1. The molecule has 0 unspecified atom stereocenters. The van der Waals surface area contributed by atoms with Gasteiger partial charge >= 0.3 is 0 Å². The highest BCUT2D eigenvalue weighted by atomic mass is 19.1. The Labute approximate surface area is 150 Å². The molecule has 1 N–H and O–H groups in total. The van der Waals surface area contributed by atoms with Crippen LogP contribution in [0.4, 0.5) is 10.3 Å². The molecule has 26 heavy (non-hydrogen) atoms. The van der Waals surface area contributed by atoms with Crippen molar-refractivity contribution in [2.75, 3.05) is 12.4 Å². The molecule has 0 aliphatic rings. The zero-order valence-corrected chi connectivity index (χ0v) is 14.1. The number of nitrogens with zero attached hydrogens (tertiary/aromatic N) is 2. The number of rotatable bonds is 6. The van der Waals surface area contributed by atoms with E-state index in [4.69, 9.17) is 9.15 Å². The quantitative estimate of drug-likeness (QED) is 0.710. The average Bonchev–Trinajstić information content (AvgIpc) is 3.08. The summed E-state index contributed by atoms with van der Waals surface area (Å²) >= 11 is 0. The van der Waals surface area contributed by atoms with Gasteiger partial charge in [-0.15, -0.1) is 0 Å². The maximum Gasteiger partial charge on any atom is 0.232 e. The van der Waals surface area contributed by atoms with Gasteiger partial charge in [0.25, 0.3) is 0 Å². The summed E-state index contributed by atoms with van der Waals surface area (Å²) in [6, 6.07) is 15.9. The molecule has 0 saturated heterocycles. The number of nitriles is 1. The number of methoxy groups -OCH3 is 1. The SMILES string of the molecule is COc1ccccc1/C=C/c1nc(C#N)c(NCc2ccccc2F)o1. The summed E-state index contributed by atoms with van der Waals surface area (Å²) in [6.07, 6.45) is 3.43. The van der Waals surface area contributed by atoms with Crippen molar-refractivity contribution in [2.24, 2.45) is 0 Å². The Balaban J connectivity index is 1.77. The lowest BCUT2D eigenvalue weighted by molar-refractivity contribution is 0.414. The van der Waals surface area contributed by atoms with E-state index in [0.717, 1.165) is 5.56 Å². The van der Waals surface area contributed by atoms with Gasteiger partial charge in [0.15, 0.2) is 0 Å². The number of para-hydroxylation sites is 1. The van der Waals surface area contributed by atoms with Crippen LogP contribution in [0, 0.1) is 17.1 Å². The van der Waals surface area contributed by atoms with Crippen molar-refractivity contribution in [3.05, 3.63) is 77.1 Å². The maximum absolute atomic E-state index is 13.7. The average molecular weight is 349 g/mol. The van der Waals surface area contributed by atoms with Crippen molar-refractivity contribution in [3.8, 4) is 11.8 Å². The molecular formula is C20H16FN3O2. The molecule has 6 heteroatoms. The van der Waals surface area contributed by atoms with Crippen LogP contribution in [0.15, 0.2) is 52.9 Å². The minimum absolute atomic E-state index is 0.112. The van der Waals surface area contributed by atoms with Crippen molar-refractivity contribution in [1.29, 1.82) is 5.26 Å². The first-order chi connectivity index (χ1) is 12.7. The summed E-state index contributed by atoms with van der Waals surface area (Å²) in [6.45, 7) is 0.187. The molecule has 0 saturated carbocycles. The first kappa shape index (κ1) is 17.2. The molecule has 0 amide bonds. The highest BCUT2D eigenvalue weighted by Gasteiger charge is 2.12. The third-order valence-corrected chi connectivity index (χ3v) is 3.69. The van der Waals surface area contributed by atoms with Gasteiger partial charge in [0.1, 0.15) is 17.6 Å². The summed E-state index contributed by atoms with van der Waals surface area (Å²) in [5.41, 5.74) is 1.44. The highest BCUT2D eigenvalue weighted by molar-refractivity contribution is 5.70. The number of ether oxygens (including phenoxy) is 1. The van der Waals surface area contributed by atoms with Crippen molar-refractivity contribution in [1.82, 2.24) is 4.98 Å². The van der Waals surface area contributed by atoms with E-state index in [2.05, 4.69) is 10.3 Å². The van der Waals surface area contributed by atoms with Crippen LogP contribution in [0.3, 0.4) is 0 Å². The second-order valence-corrected chi connectivity index (χ2v) is 5.36. The smallest absolute Gasteiger partial charge is 0.232 e. The molecule has 3 rings (SSSR count). The lowest BCUT2D eigenvalue weighted by atomic mass is 10.2. The zero-order chi connectivity index (χ0) is 18.4. The van der Waals surface area contributed by atoms with Crippen LogP contribution in [-0.2, 0) is 6.54 Å². The normalized spacial score (nSPS) is 10.7. The van der Waals surface area contributed by atoms with Gasteiger partial charge in [-0.2, -0.15) is 10.2 Å². The van der Waals surface area contributed by atoms with E-state index in [1.807, 2.05) is 30.3 Å². The van der Waals surface area contributed by atoms with Crippen LogP contribution in [-0.4, -0.2) is 12.1 Å². The van der Waals surface area contributed by atoms with E-state index in [9.17, 15) is 9.65 Å². The van der Waals surface area contributed by atoms with Crippen molar-refractivity contribution in [3.63, 3.8) is 0 Å². The molecule has 1 aromatic heterocycles. The number of anilines is 1. The number of halogens is 1. The molecular weight excluding hydrogens is 333 g/mol. The fourth-order valence-electron chi connectivity index (χ4n) is 2.39.